The normalized spacial score (nSPS) is 18.8. The first-order valence-electron chi connectivity index (χ1n) is 7.15. The zero-order valence-corrected chi connectivity index (χ0v) is 12.7. The van der Waals surface area contributed by atoms with Crippen molar-refractivity contribution in [1.82, 2.24) is 14.5 Å². The van der Waals surface area contributed by atoms with E-state index in [9.17, 15) is 0 Å². The molecule has 20 heavy (non-hydrogen) atoms. The Kier molecular flexibility index (Phi) is 4.43. The molecule has 0 radical (unpaired) electrons. The molecule has 3 nitrogen and oxygen atoms in total. The van der Waals surface area contributed by atoms with Crippen LogP contribution in [0.1, 0.15) is 17.8 Å². The minimum Gasteiger partial charge on any atom is -0.329 e. The molecule has 1 fully saturated rings. The maximum Gasteiger partial charge on any atom is 0.123 e. The lowest BCUT2D eigenvalue weighted by Crippen LogP contribution is -2.32. The van der Waals surface area contributed by atoms with E-state index in [2.05, 4.69) is 69.8 Å². The molecule has 1 atom stereocenters. The molecule has 2 aromatic rings. The Labute approximate surface area is 125 Å². The highest BCUT2D eigenvalue weighted by Gasteiger charge is 2.21. The highest BCUT2D eigenvalue weighted by molar-refractivity contribution is 7.99. The first kappa shape index (κ1) is 13.7. The monoisotopic (exact) mass is 287 g/mol. The number of hydrogen-bond donors (Lipinski definition) is 0. The van der Waals surface area contributed by atoms with Crippen molar-refractivity contribution in [2.75, 3.05) is 18.6 Å². The Bertz CT molecular complexity index is 532. The van der Waals surface area contributed by atoms with E-state index in [0.717, 1.165) is 18.9 Å². The fourth-order valence-corrected chi connectivity index (χ4v) is 3.94. The van der Waals surface area contributed by atoms with Gasteiger partial charge in [-0.05, 0) is 24.8 Å². The number of imidazole rings is 1. The molecule has 0 bridgehead atoms. The summed E-state index contributed by atoms with van der Waals surface area (Å²) in [5, 5.41) is 0. The van der Waals surface area contributed by atoms with Crippen molar-refractivity contribution < 1.29 is 0 Å². The van der Waals surface area contributed by atoms with Gasteiger partial charge in [-0.3, -0.25) is 4.90 Å². The van der Waals surface area contributed by atoms with Crippen molar-refractivity contribution in [1.29, 1.82) is 0 Å². The van der Waals surface area contributed by atoms with Crippen molar-refractivity contribution in [3.8, 4) is 0 Å². The summed E-state index contributed by atoms with van der Waals surface area (Å²) in [6.07, 6.45) is 5.30. The molecule has 1 aromatic carbocycles. The van der Waals surface area contributed by atoms with E-state index >= 15 is 0 Å². The Morgan fingerprint density at radius 2 is 2.20 bits per heavy atom. The molecule has 4 heteroatoms. The fourth-order valence-electron chi connectivity index (χ4n) is 2.64. The zero-order valence-electron chi connectivity index (χ0n) is 11.9. The molecule has 2 heterocycles. The van der Waals surface area contributed by atoms with Gasteiger partial charge in [0.2, 0.25) is 0 Å². The van der Waals surface area contributed by atoms with E-state index in [4.69, 9.17) is 0 Å². The maximum atomic E-state index is 4.54. The van der Waals surface area contributed by atoms with Crippen molar-refractivity contribution in [2.45, 2.75) is 25.6 Å². The van der Waals surface area contributed by atoms with Gasteiger partial charge in [0, 0.05) is 30.7 Å². The second kappa shape index (κ2) is 6.46. The molecule has 1 aliphatic rings. The Morgan fingerprint density at radius 3 is 2.95 bits per heavy atom. The van der Waals surface area contributed by atoms with Gasteiger partial charge in [-0.2, -0.15) is 11.8 Å². The van der Waals surface area contributed by atoms with Crippen LogP contribution in [0.3, 0.4) is 0 Å². The highest BCUT2D eigenvalue weighted by Crippen LogP contribution is 2.22. The van der Waals surface area contributed by atoms with E-state index in [1.54, 1.807) is 0 Å². The standard InChI is InChI=1S/C16H21N3S/c1-18(15-7-10-20-13-15)12-16-17-8-9-19(16)11-14-5-3-2-4-6-14/h2-6,8-9,15H,7,10-13H2,1H3. The SMILES string of the molecule is CN(Cc1nccn1Cc1ccccc1)C1CCSC1. The summed E-state index contributed by atoms with van der Waals surface area (Å²) in [6, 6.07) is 11.3. The number of hydrogen-bond acceptors (Lipinski definition) is 3. The zero-order chi connectivity index (χ0) is 13.8. The lowest BCUT2D eigenvalue weighted by Gasteiger charge is -2.23. The van der Waals surface area contributed by atoms with E-state index in [1.807, 2.05) is 6.20 Å². The third kappa shape index (κ3) is 3.25. The van der Waals surface area contributed by atoms with E-state index in [1.165, 1.54) is 23.5 Å². The molecule has 1 saturated heterocycles. The summed E-state index contributed by atoms with van der Waals surface area (Å²) in [6.45, 7) is 1.84. The Hall–Kier alpha value is -1.26. The average molecular weight is 287 g/mol. The molecule has 1 aliphatic heterocycles. The quantitative estimate of drug-likeness (QED) is 0.844. The number of nitrogens with zero attached hydrogens (tertiary/aromatic N) is 3. The topological polar surface area (TPSA) is 21.1 Å². The summed E-state index contributed by atoms with van der Waals surface area (Å²) >= 11 is 2.06. The van der Waals surface area contributed by atoms with Crippen LogP contribution < -0.4 is 0 Å². The molecule has 0 aliphatic carbocycles. The van der Waals surface area contributed by atoms with Crippen LogP contribution in [0.5, 0.6) is 0 Å². The van der Waals surface area contributed by atoms with E-state index in [-0.39, 0.29) is 0 Å². The Morgan fingerprint density at radius 1 is 1.35 bits per heavy atom. The lowest BCUT2D eigenvalue weighted by molar-refractivity contribution is 0.245. The van der Waals surface area contributed by atoms with Crippen LogP contribution >= 0.6 is 11.8 Å². The maximum absolute atomic E-state index is 4.54. The molecule has 0 saturated carbocycles. The molecule has 1 unspecified atom stereocenters. The fraction of sp³-hybridized carbons (Fsp3) is 0.438. The molecule has 1 aromatic heterocycles. The average Bonchev–Trinajstić information content (AvgIpc) is 3.12. The predicted octanol–water partition coefficient (Wildman–Crippen LogP) is 2.87. The van der Waals surface area contributed by atoms with Crippen molar-refractivity contribution in [3.63, 3.8) is 0 Å². The number of aromatic nitrogens is 2. The predicted molar refractivity (Wildman–Crippen MR) is 85.0 cm³/mol. The van der Waals surface area contributed by atoms with Gasteiger partial charge in [-0.15, -0.1) is 0 Å². The lowest BCUT2D eigenvalue weighted by atomic mass is 10.2. The summed E-state index contributed by atoms with van der Waals surface area (Å²) in [5.74, 6) is 3.72. The first-order chi connectivity index (χ1) is 9.83. The van der Waals surface area contributed by atoms with Crippen LogP contribution in [-0.4, -0.2) is 39.0 Å². The minimum atomic E-state index is 0.710. The van der Waals surface area contributed by atoms with Crippen molar-refractivity contribution in [3.05, 3.63) is 54.1 Å². The molecule has 106 valence electrons. The smallest absolute Gasteiger partial charge is 0.123 e. The van der Waals surface area contributed by atoms with Gasteiger partial charge in [0.15, 0.2) is 0 Å². The van der Waals surface area contributed by atoms with Gasteiger partial charge >= 0.3 is 0 Å². The Balaban J connectivity index is 1.67. The van der Waals surface area contributed by atoms with Gasteiger partial charge in [-0.1, -0.05) is 30.3 Å². The molecular weight excluding hydrogens is 266 g/mol. The van der Waals surface area contributed by atoms with Crippen LogP contribution in [0.4, 0.5) is 0 Å². The third-order valence-corrected chi connectivity index (χ3v) is 5.06. The van der Waals surface area contributed by atoms with Crippen LogP contribution in [0.15, 0.2) is 42.7 Å². The molecule has 0 spiro atoms. The molecular formula is C16H21N3S. The second-order valence-electron chi connectivity index (χ2n) is 5.39. The summed E-state index contributed by atoms with van der Waals surface area (Å²) < 4.78 is 2.26. The van der Waals surface area contributed by atoms with Crippen LogP contribution in [0.25, 0.3) is 0 Å². The van der Waals surface area contributed by atoms with Gasteiger partial charge in [-0.25, -0.2) is 4.98 Å². The minimum absolute atomic E-state index is 0.710. The van der Waals surface area contributed by atoms with Gasteiger partial charge in [0.05, 0.1) is 6.54 Å². The summed E-state index contributed by atoms with van der Waals surface area (Å²) in [5.41, 5.74) is 1.32. The van der Waals surface area contributed by atoms with Crippen molar-refractivity contribution >= 4 is 11.8 Å². The molecule has 0 N–H and O–H groups in total. The van der Waals surface area contributed by atoms with Gasteiger partial charge in [0.1, 0.15) is 5.82 Å². The highest BCUT2D eigenvalue weighted by atomic mass is 32.2. The molecule has 0 amide bonds. The summed E-state index contributed by atoms with van der Waals surface area (Å²) in [7, 11) is 2.22. The van der Waals surface area contributed by atoms with Crippen molar-refractivity contribution in [2.24, 2.45) is 0 Å². The third-order valence-electron chi connectivity index (χ3n) is 3.92. The number of thioether (sulfide) groups is 1. The number of rotatable bonds is 5. The van der Waals surface area contributed by atoms with Gasteiger partial charge in [0.25, 0.3) is 0 Å². The summed E-state index contributed by atoms with van der Waals surface area (Å²) in [4.78, 5) is 6.99. The van der Waals surface area contributed by atoms with Gasteiger partial charge < -0.3 is 4.57 Å². The largest absolute Gasteiger partial charge is 0.329 e. The second-order valence-corrected chi connectivity index (χ2v) is 6.54. The van der Waals surface area contributed by atoms with E-state index < -0.39 is 0 Å². The number of benzene rings is 1. The van der Waals surface area contributed by atoms with E-state index in [0.29, 0.717) is 6.04 Å². The molecule has 3 rings (SSSR count). The van der Waals surface area contributed by atoms with Crippen LogP contribution in [-0.2, 0) is 13.1 Å². The first-order valence-corrected chi connectivity index (χ1v) is 8.30. The van der Waals surface area contributed by atoms with Crippen LogP contribution in [0.2, 0.25) is 0 Å². The van der Waals surface area contributed by atoms with Crippen LogP contribution in [0, 0.1) is 0 Å².